The van der Waals surface area contributed by atoms with E-state index in [1.54, 1.807) is 18.3 Å². The number of carbonyl (C=O) groups excluding carboxylic acids is 1. The van der Waals surface area contributed by atoms with Crippen LogP contribution in [0.15, 0.2) is 134 Å². The first-order valence-electron chi connectivity index (χ1n) is 14.4. The number of benzene rings is 4. The lowest BCUT2D eigenvalue weighted by Crippen LogP contribution is -2.27. The molecule has 0 spiro atoms. The van der Waals surface area contributed by atoms with Gasteiger partial charge in [0.15, 0.2) is 0 Å². The van der Waals surface area contributed by atoms with Crippen molar-refractivity contribution < 1.29 is 13.9 Å². The molecule has 0 aliphatic carbocycles. The van der Waals surface area contributed by atoms with Crippen LogP contribution >= 0.6 is 0 Å². The van der Waals surface area contributed by atoms with E-state index in [1.165, 1.54) is 12.1 Å². The van der Waals surface area contributed by atoms with Gasteiger partial charge in [-0.3, -0.25) is 9.78 Å². The highest BCUT2D eigenvalue weighted by atomic mass is 19.1. The van der Waals surface area contributed by atoms with Crippen LogP contribution in [-0.2, 0) is 17.8 Å². The fourth-order valence-electron chi connectivity index (χ4n) is 5.43. The van der Waals surface area contributed by atoms with E-state index in [0.717, 1.165) is 39.0 Å². The fraction of sp³-hybridized carbons (Fsp3) is 0.135. The van der Waals surface area contributed by atoms with Gasteiger partial charge < -0.3 is 14.6 Å². The number of amides is 1. The number of aromatic nitrogens is 2. The Morgan fingerprint density at radius 2 is 1.60 bits per heavy atom. The van der Waals surface area contributed by atoms with Crippen molar-refractivity contribution in [2.45, 2.75) is 25.3 Å². The van der Waals surface area contributed by atoms with Crippen molar-refractivity contribution in [1.82, 2.24) is 14.9 Å². The Morgan fingerprint density at radius 3 is 2.42 bits per heavy atom. The molecule has 0 aliphatic rings. The summed E-state index contributed by atoms with van der Waals surface area (Å²) in [4.78, 5) is 17.8. The second-order valence-corrected chi connectivity index (χ2v) is 10.5. The third-order valence-corrected chi connectivity index (χ3v) is 7.52. The molecule has 6 aromatic rings. The van der Waals surface area contributed by atoms with Gasteiger partial charge >= 0.3 is 0 Å². The molecule has 1 N–H and O–H groups in total. The molecule has 0 fully saturated rings. The largest absolute Gasteiger partial charge is 0.457 e. The summed E-state index contributed by atoms with van der Waals surface area (Å²) >= 11 is 0. The quantitative estimate of drug-likeness (QED) is 0.173. The zero-order chi connectivity index (χ0) is 29.4. The molecule has 0 saturated carbocycles. The molecular weight excluding hydrogens is 537 g/mol. The van der Waals surface area contributed by atoms with Gasteiger partial charge in [-0.25, -0.2) is 4.39 Å². The van der Waals surface area contributed by atoms with Gasteiger partial charge in [0.1, 0.15) is 17.3 Å². The van der Waals surface area contributed by atoms with Gasteiger partial charge in [-0.15, -0.1) is 0 Å². The minimum absolute atomic E-state index is 0.0364. The average Bonchev–Trinajstić information content (AvgIpc) is 3.40. The molecule has 214 valence electrons. The van der Waals surface area contributed by atoms with Gasteiger partial charge in [-0.1, -0.05) is 66.7 Å². The second-order valence-electron chi connectivity index (χ2n) is 10.5. The molecule has 0 bridgehead atoms. The van der Waals surface area contributed by atoms with Crippen molar-refractivity contribution in [3.8, 4) is 11.5 Å². The lowest BCUT2D eigenvalue weighted by Gasteiger charge is -2.18. The number of hydrogen-bond donors (Lipinski definition) is 1. The van der Waals surface area contributed by atoms with Gasteiger partial charge in [0, 0.05) is 60.8 Å². The van der Waals surface area contributed by atoms with E-state index in [2.05, 4.69) is 39.3 Å². The number of fused-ring (bicyclic) bond motifs is 1. The molecule has 2 heterocycles. The van der Waals surface area contributed by atoms with E-state index in [1.807, 2.05) is 78.9 Å². The fourth-order valence-corrected chi connectivity index (χ4v) is 5.43. The van der Waals surface area contributed by atoms with Crippen molar-refractivity contribution in [2.24, 2.45) is 0 Å². The first-order chi connectivity index (χ1) is 21.1. The zero-order valence-electron chi connectivity index (χ0n) is 23.7. The summed E-state index contributed by atoms with van der Waals surface area (Å²) in [7, 11) is 0. The Balaban J connectivity index is 1.33. The SMILES string of the molecule is O=C(C[C@@H](c1cccc(Oc2ccccc2)c1)c1cn(Cc2ccc(F)cc2)c2ccccc12)NCCc1ccccn1. The van der Waals surface area contributed by atoms with Crippen LogP contribution in [-0.4, -0.2) is 22.0 Å². The number of ether oxygens (including phenoxy) is 1. The first-order valence-corrected chi connectivity index (χ1v) is 14.4. The van der Waals surface area contributed by atoms with Crippen molar-refractivity contribution in [3.05, 3.63) is 162 Å². The topological polar surface area (TPSA) is 56.1 Å². The Morgan fingerprint density at radius 1 is 0.837 bits per heavy atom. The highest BCUT2D eigenvalue weighted by Gasteiger charge is 2.23. The van der Waals surface area contributed by atoms with Gasteiger partial charge in [0.2, 0.25) is 5.91 Å². The van der Waals surface area contributed by atoms with E-state index in [-0.39, 0.29) is 24.1 Å². The van der Waals surface area contributed by atoms with Gasteiger partial charge in [0.25, 0.3) is 0 Å². The van der Waals surface area contributed by atoms with Crippen LogP contribution < -0.4 is 10.1 Å². The van der Waals surface area contributed by atoms with Crippen LogP contribution in [0.1, 0.15) is 34.7 Å². The summed E-state index contributed by atoms with van der Waals surface area (Å²) in [6.07, 6.45) is 4.82. The summed E-state index contributed by atoms with van der Waals surface area (Å²) in [6, 6.07) is 38.2. The van der Waals surface area contributed by atoms with E-state index in [0.29, 0.717) is 25.3 Å². The number of carbonyl (C=O) groups is 1. The predicted molar refractivity (Wildman–Crippen MR) is 168 cm³/mol. The van der Waals surface area contributed by atoms with Crippen molar-refractivity contribution in [1.29, 1.82) is 0 Å². The van der Waals surface area contributed by atoms with Crippen LogP contribution in [0.2, 0.25) is 0 Å². The smallest absolute Gasteiger partial charge is 0.220 e. The van der Waals surface area contributed by atoms with Crippen LogP contribution in [0.3, 0.4) is 0 Å². The first kappa shape index (κ1) is 27.9. The number of halogens is 1. The summed E-state index contributed by atoms with van der Waals surface area (Å²) in [6.45, 7) is 1.09. The van der Waals surface area contributed by atoms with E-state index >= 15 is 0 Å². The van der Waals surface area contributed by atoms with Crippen molar-refractivity contribution in [3.63, 3.8) is 0 Å². The molecular formula is C37H32FN3O2. The normalized spacial score (nSPS) is 11.7. The summed E-state index contributed by atoms with van der Waals surface area (Å²) < 4.78 is 21.9. The lowest BCUT2D eigenvalue weighted by molar-refractivity contribution is -0.121. The Labute approximate surface area is 250 Å². The summed E-state index contributed by atoms with van der Waals surface area (Å²) in [5, 5.41) is 4.18. The van der Waals surface area contributed by atoms with Crippen LogP contribution in [0.5, 0.6) is 11.5 Å². The van der Waals surface area contributed by atoms with Gasteiger partial charge in [0.05, 0.1) is 0 Å². The summed E-state index contributed by atoms with van der Waals surface area (Å²) in [5.74, 6) is 0.937. The molecule has 6 heteroatoms. The lowest BCUT2D eigenvalue weighted by atomic mass is 9.88. The van der Waals surface area contributed by atoms with Crippen LogP contribution in [0.25, 0.3) is 10.9 Å². The Bertz CT molecular complexity index is 1800. The maximum atomic E-state index is 13.6. The molecule has 0 aliphatic heterocycles. The molecule has 1 atom stereocenters. The number of para-hydroxylation sites is 2. The Kier molecular flexibility index (Phi) is 8.55. The average molecular weight is 570 g/mol. The minimum Gasteiger partial charge on any atom is -0.457 e. The molecule has 6 rings (SSSR count). The van der Waals surface area contributed by atoms with E-state index in [9.17, 15) is 9.18 Å². The van der Waals surface area contributed by atoms with Crippen LogP contribution in [0, 0.1) is 5.82 Å². The number of nitrogens with one attached hydrogen (secondary N) is 1. The minimum atomic E-state index is -0.256. The third kappa shape index (κ3) is 6.99. The van der Waals surface area contributed by atoms with Crippen molar-refractivity contribution >= 4 is 16.8 Å². The van der Waals surface area contributed by atoms with Crippen LogP contribution in [0.4, 0.5) is 4.39 Å². The number of hydrogen-bond acceptors (Lipinski definition) is 3. The number of pyridine rings is 1. The standard InChI is InChI=1S/C37H32FN3O2/c38-29-18-16-27(17-19-29)25-41-26-35(33-14-4-5-15-36(33)41)34(24-37(42)40-22-20-30-10-6-7-21-39-30)28-9-8-13-32(23-28)43-31-11-2-1-3-12-31/h1-19,21,23,26,34H,20,22,24-25H2,(H,40,42)/t34-/m0/s1. The highest BCUT2D eigenvalue weighted by Crippen LogP contribution is 2.37. The number of nitrogens with zero attached hydrogens (tertiary/aromatic N) is 2. The van der Waals surface area contributed by atoms with Crippen molar-refractivity contribution in [2.75, 3.05) is 6.54 Å². The maximum Gasteiger partial charge on any atom is 0.220 e. The zero-order valence-corrected chi connectivity index (χ0v) is 23.7. The molecule has 1 amide bonds. The molecule has 2 aromatic heterocycles. The number of rotatable bonds is 11. The predicted octanol–water partition coefficient (Wildman–Crippen LogP) is 7.90. The highest BCUT2D eigenvalue weighted by molar-refractivity contribution is 5.87. The molecule has 0 radical (unpaired) electrons. The monoisotopic (exact) mass is 569 g/mol. The molecule has 4 aromatic carbocycles. The molecule has 43 heavy (non-hydrogen) atoms. The maximum absolute atomic E-state index is 13.6. The second kappa shape index (κ2) is 13.2. The molecule has 5 nitrogen and oxygen atoms in total. The van der Waals surface area contributed by atoms with Gasteiger partial charge in [-0.05, 0) is 71.3 Å². The molecule has 0 saturated heterocycles. The third-order valence-electron chi connectivity index (χ3n) is 7.52. The van der Waals surface area contributed by atoms with E-state index in [4.69, 9.17) is 4.74 Å². The molecule has 0 unspecified atom stereocenters. The summed E-state index contributed by atoms with van der Waals surface area (Å²) in [5.41, 5.74) is 5.02. The van der Waals surface area contributed by atoms with Gasteiger partial charge in [-0.2, -0.15) is 0 Å². The Hall–Kier alpha value is -5.23. The van der Waals surface area contributed by atoms with E-state index < -0.39 is 0 Å².